The van der Waals surface area contributed by atoms with Gasteiger partial charge in [0.15, 0.2) is 0 Å². The molecule has 0 saturated carbocycles. The number of aromatic nitrogens is 1. The Morgan fingerprint density at radius 1 is 1.15 bits per heavy atom. The van der Waals surface area contributed by atoms with Gasteiger partial charge in [0, 0.05) is 24.6 Å². The number of ether oxygens (including phenoxy) is 1. The van der Waals surface area contributed by atoms with Crippen molar-refractivity contribution >= 4 is 11.3 Å². The largest absolute Gasteiger partial charge is 0.383 e. The first kappa shape index (κ1) is 15.2. The van der Waals surface area contributed by atoms with E-state index in [4.69, 9.17) is 9.72 Å². The normalized spacial score (nSPS) is 10.8. The van der Waals surface area contributed by atoms with Crippen molar-refractivity contribution in [2.75, 3.05) is 26.8 Å². The molecule has 1 N–H and O–H groups in total. The van der Waals surface area contributed by atoms with Gasteiger partial charge in [0.2, 0.25) is 0 Å². The number of hydrogen-bond donors (Lipinski definition) is 1. The topological polar surface area (TPSA) is 34.1 Å². The van der Waals surface area contributed by atoms with Gasteiger partial charge >= 0.3 is 0 Å². The Morgan fingerprint density at radius 2 is 2.00 bits per heavy atom. The Balaban J connectivity index is 1.69. The molecule has 20 heavy (non-hydrogen) atoms. The fourth-order valence-corrected chi connectivity index (χ4v) is 2.84. The molecular formula is C16H22N2OS. The number of aryl methyl sites for hydroxylation is 1. The number of unbranched alkanes of at least 4 members (excludes halogenated alkanes) is 1. The molecule has 2 rings (SSSR count). The van der Waals surface area contributed by atoms with Crippen LogP contribution in [0.2, 0.25) is 0 Å². The summed E-state index contributed by atoms with van der Waals surface area (Å²) in [6.07, 6.45) is 3.44. The lowest BCUT2D eigenvalue weighted by Gasteiger charge is -2.02. The molecule has 0 bridgehead atoms. The van der Waals surface area contributed by atoms with Crippen LogP contribution in [0.25, 0.3) is 11.3 Å². The molecule has 0 radical (unpaired) electrons. The maximum Gasteiger partial charge on any atom is 0.0932 e. The molecule has 2 aromatic rings. The number of hydrogen-bond acceptors (Lipinski definition) is 4. The monoisotopic (exact) mass is 290 g/mol. The van der Waals surface area contributed by atoms with Crippen LogP contribution in [-0.4, -0.2) is 31.8 Å². The van der Waals surface area contributed by atoms with Crippen LogP contribution in [0.15, 0.2) is 35.7 Å². The highest BCUT2D eigenvalue weighted by Gasteiger charge is 2.03. The van der Waals surface area contributed by atoms with Crippen LogP contribution in [0.3, 0.4) is 0 Å². The summed E-state index contributed by atoms with van der Waals surface area (Å²) in [6.45, 7) is 2.78. The molecule has 108 valence electrons. The molecule has 0 unspecified atom stereocenters. The minimum atomic E-state index is 0.785. The van der Waals surface area contributed by atoms with Gasteiger partial charge in [-0.05, 0) is 25.8 Å². The van der Waals surface area contributed by atoms with E-state index in [-0.39, 0.29) is 0 Å². The molecule has 0 fully saturated rings. The van der Waals surface area contributed by atoms with Crippen molar-refractivity contribution in [2.24, 2.45) is 0 Å². The van der Waals surface area contributed by atoms with E-state index in [2.05, 4.69) is 35.0 Å². The first-order chi connectivity index (χ1) is 9.90. The number of nitrogens with one attached hydrogen (secondary N) is 1. The number of thiazole rings is 1. The Kier molecular flexibility index (Phi) is 6.71. The van der Waals surface area contributed by atoms with Gasteiger partial charge in [-0.15, -0.1) is 11.3 Å². The van der Waals surface area contributed by atoms with Gasteiger partial charge in [-0.1, -0.05) is 30.3 Å². The lowest BCUT2D eigenvalue weighted by molar-refractivity contribution is 0.199. The van der Waals surface area contributed by atoms with E-state index in [0.29, 0.717) is 0 Å². The van der Waals surface area contributed by atoms with E-state index in [9.17, 15) is 0 Å². The Hall–Kier alpha value is -1.23. The zero-order valence-electron chi connectivity index (χ0n) is 12.0. The first-order valence-electron chi connectivity index (χ1n) is 7.09. The molecule has 1 aromatic heterocycles. The van der Waals surface area contributed by atoms with Crippen LogP contribution in [0.1, 0.15) is 17.8 Å². The zero-order valence-corrected chi connectivity index (χ0v) is 12.8. The van der Waals surface area contributed by atoms with Crippen molar-refractivity contribution in [3.63, 3.8) is 0 Å². The molecule has 0 aliphatic rings. The fourth-order valence-electron chi connectivity index (χ4n) is 1.99. The fraction of sp³-hybridized carbons (Fsp3) is 0.438. The molecule has 0 spiro atoms. The van der Waals surface area contributed by atoms with Gasteiger partial charge in [0.05, 0.1) is 17.3 Å². The standard InChI is InChI=1S/C16H22N2OS/c1-19-12-11-17-10-6-5-9-16-18-15(13-20-16)14-7-3-2-4-8-14/h2-4,7-8,13,17H,5-6,9-12H2,1H3. The van der Waals surface area contributed by atoms with Crippen LogP contribution in [-0.2, 0) is 11.2 Å². The lowest BCUT2D eigenvalue weighted by atomic mass is 10.2. The molecule has 1 aromatic carbocycles. The van der Waals surface area contributed by atoms with E-state index >= 15 is 0 Å². The number of methoxy groups -OCH3 is 1. The second-order valence-corrected chi connectivity index (χ2v) is 5.64. The van der Waals surface area contributed by atoms with Crippen LogP contribution in [0.4, 0.5) is 0 Å². The average Bonchev–Trinajstić information content (AvgIpc) is 2.96. The van der Waals surface area contributed by atoms with E-state index in [1.807, 2.05) is 6.07 Å². The number of rotatable bonds is 9. The number of benzene rings is 1. The van der Waals surface area contributed by atoms with Gasteiger partial charge in [0.25, 0.3) is 0 Å². The smallest absolute Gasteiger partial charge is 0.0932 e. The summed E-state index contributed by atoms with van der Waals surface area (Å²) < 4.78 is 4.99. The third-order valence-corrected chi connectivity index (χ3v) is 4.01. The predicted molar refractivity (Wildman–Crippen MR) is 85.2 cm³/mol. The third-order valence-electron chi connectivity index (χ3n) is 3.10. The maximum absolute atomic E-state index is 4.99. The third kappa shape index (κ3) is 5.04. The molecule has 0 amide bonds. The maximum atomic E-state index is 4.99. The minimum Gasteiger partial charge on any atom is -0.383 e. The van der Waals surface area contributed by atoms with Crippen LogP contribution < -0.4 is 5.32 Å². The van der Waals surface area contributed by atoms with Gasteiger partial charge < -0.3 is 10.1 Å². The van der Waals surface area contributed by atoms with Crippen molar-refractivity contribution in [3.05, 3.63) is 40.7 Å². The van der Waals surface area contributed by atoms with Crippen molar-refractivity contribution < 1.29 is 4.74 Å². The van der Waals surface area contributed by atoms with Gasteiger partial charge in [-0.2, -0.15) is 0 Å². The summed E-state index contributed by atoms with van der Waals surface area (Å²) >= 11 is 1.76. The first-order valence-corrected chi connectivity index (χ1v) is 7.97. The molecule has 1 heterocycles. The molecule has 0 saturated heterocycles. The molecule has 4 heteroatoms. The second-order valence-electron chi connectivity index (χ2n) is 4.69. The van der Waals surface area contributed by atoms with E-state index < -0.39 is 0 Å². The van der Waals surface area contributed by atoms with Gasteiger partial charge in [-0.25, -0.2) is 4.98 Å². The van der Waals surface area contributed by atoms with Crippen molar-refractivity contribution in [1.82, 2.24) is 10.3 Å². The summed E-state index contributed by atoms with van der Waals surface area (Å²) in [6, 6.07) is 10.4. The Labute approximate surface area is 125 Å². The minimum absolute atomic E-state index is 0.785. The highest BCUT2D eigenvalue weighted by molar-refractivity contribution is 7.09. The van der Waals surface area contributed by atoms with E-state index in [1.165, 1.54) is 23.4 Å². The molecule has 0 aliphatic heterocycles. The van der Waals surface area contributed by atoms with Crippen LogP contribution in [0.5, 0.6) is 0 Å². The van der Waals surface area contributed by atoms with Crippen molar-refractivity contribution in [3.8, 4) is 11.3 Å². The van der Waals surface area contributed by atoms with Crippen molar-refractivity contribution in [2.45, 2.75) is 19.3 Å². The van der Waals surface area contributed by atoms with Crippen LogP contribution >= 0.6 is 11.3 Å². The Bertz CT molecular complexity index is 484. The van der Waals surface area contributed by atoms with E-state index in [1.54, 1.807) is 18.4 Å². The molecule has 0 atom stereocenters. The second kappa shape index (κ2) is 8.84. The summed E-state index contributed by atoms with van der Waals surface area (Å²) in [5.74, 6) is 0. The van der Waals surface area contributed by atoms with Crippen molar-refractivity contribution in [1.29, 1.82) is 0 Å². The lowest BCUT2D eigenvalue weighted by Crippen LogP contribution is -2.20. The van der Waals surface area contributed by atoms with Crippen LogP contribution in [0, 0.1) is 0 Å². The summed E-state index contributed by atoms with van der Waals surface area (Å²) in [4.78, 5) is 4.71. The SMILES string of the molecule is COCCNCCCCc1nc(-c2ccccc2)cs1. The average molecular weight is 290 g/mol. The Morgan fingerprint density at radius 3 is 2.80 bits per heavy atom. The number of nitrogens with zero attached hydrogens (tertiary/aromatic N) is 1. The highest BCUT2D eigenvalue weighted by Crippen LogP contribution is 2.22. The quantitative estimate of drug-likeness (QED) is 0.719. The summed E-state index contributed by atoms with van der Waals surface area (Å²) in [7, 11) is 1.73. The molecule has 3 nitrogen and oxygen atoms in total. The van der Waals surface area contributed by atoms with Gasteiger partial charge in [0.1, 0.15) is 0 Å². The summed E-state index contributed by atoms with van der Waals surface area (Å²) in [5.41, 5.74) is 2.31. The molecule has 0 aliphatic carbocycles. The highest BCUT2D eigenvalue weighted by atomic mass is 32.1. The van der Waals surface area contributed by atoms with E-state index in [0.717, 1.165) is 31.8 Å². The summed E-state index contributed by atoms with van der Waals surface area (Å²) in [5, 5.41) is 6.75. The zero-order chi connectivity index (χ0) is 14.0. The predicted octanol–water partition coefficient (Wildman–Crippen LogP) is 3.37. The molecular weight excluding hydrogens is 268 g/mol. The van der Waals surface area contributed by atoms with Gasteiger partial charge in [-0.3, -0.25) is 0 Å².